The lowest BCUT2D eigenvalue weighted by molar-refractivity contribution is 0.0138. The van der Waals surface area contributed by atoms with Crippen molar-refractivity contribution < 1.29 is 4.79 Å². The van der Waals surface area contributed by atoms with Gasteiger partial charge in [-0.15, -0.1) is 0 Å². The van der Waals surface area contributed by atoms with Gasteiger partial charge in [0.2, 0.25) is 0 Å². The molecule has 2 bridgehead atoms. The number of carbonyl (C=O) groups excluding carboxylic acids is 1. The Kier molecular flexibility index (Phi) is 4.32. The number of carbonyl (C=O) groups is 1. The summed E-state index contributed by atoms with van der Waals surface area (Å²) in [4.78, 5) is 21.4. The van der Waals surface area contributed by atoms with Gasteiger partial charge < -0.3 is 9.88 Å². The van der Waals surface area contributed by atoms with Crippen LogP contribution in [-0.2, 0) is 6.54 Å². The van der Waals surface area contributed by atoms with Crippen molar-refractivity contribution in [2.45, 2.75) is 12.6 Å². The molecule has 0 spiro atoms. The molecule has 3 saturated heterocycles. The Labute approximate surface area is 142 Å². The summed E-state index contributed by atoms with van der Waals surface area (Å²) in [7, 11) is 0. The number of rotatable bonds is 5. The molecular weight excluding hydrogens is 302 g/mol. The number of benzene rings is 1. The highest BCUT2D eigenvalue weighted by Gasteiger charge is 2.31. The molecule has 0 radical (unpaired) electrons. The third kappa shape index (κ3) is 3.34. The summed E-state index contributed by atoms with van der Waals surface area (Å²) in [6, 6.07) is 8.27. The summed E-state index contributed by atoms with van der Waals surface area (Å²) in [6.45, 7) is 7.17. The molecule has 1 aromatic carbocycles. The zero-order valence-electron chi connectivity index (χ0n) is 13.8. The SMILES string of the molecule is O=C(NCC1CN2CCN1CC2)c1ccc(Cn2ccnc2)cc1. The Balaban J connectivity index is 1.31. The monoisotopic (exact) mass is 325 g/mol. The highest BCUT2D eigenvalue weighted by molar-refractivity contribution is 5.94. The predicted octanol–water partition coefficient (Wildman–Crippen LogP) is 0.661. The Morgan fingerprint density at radius 3 is 2.58 bits per heavy atom. The van der Waals surface area contributed by atoms with Gasteiger partial charge in [0.15, 0.2) is 0 Å². The first-order valence-corrected chi connectivity index (χ1v) is 8.57. The topological polar surface area (TPSA) is 53.4 Å². The lowest BCUT2D eigenvalue weighted by Gasteiger charge is -2.47. The Hall–Kier alpha value is -2.18. The van der Waals surface area contributed by atoms with Gasteiger partial charge >= 0.3 is 0 Å². The van der Waals surface area contributed by atoms with Crippen molar-refractivity contribution in [2.75, 3.05) is 39.3 Å². The Morgan fingerprint density at radius 1 is 1.17 bits per heavy atom. The molecule has 1 amide bonds. The number of hydrogen-bond acceptors (Lipinski definition) is 4. The lowest BCUT2D eigenvalue weighted by Crippen LogP contribution is -2.63. The van der Waals surface area contributed by atoms with Gasteiger partial charge in [-0.2, -0.15) is 0 Å². The van der Waals surface area contributed by atoms with Crippen molar-refractivity contribution in [1.29, 1.82) is 0 Å². The van der Waals surface area contributed by atoms with Crippen LogP contribution in [0.15, 0.2) is 43.0 Å². The van der Waals surface area contributed by atoms with Gasteiger partial charge in [0.25, 0.3) is 5.91 Å². The van der Waals surface area contributed by atoms with E-state index >= 15 is 0 Å². The van der Waals surface area contributed by atoms with Crippen molar-refractivity contribution in [3.05, 3.63) is 54.1 Å². The van der Waals surface area contributed by atoms with Crippen LogP contribution in [0, 0.1) is 0 Å². The summed E-state index contributed by atoms with van der Waals surface area (Å²) in [5.74, 6) is 0.0156. The number of nitrogens with zero attached hydrogens (tertiary/aromatic N) is 4. The zero-order valence-corrected chi connectivity index (χ0v) is 13.8. The van der Waals surface area contributed by atoms with E-state index in [0.29, 0.717) is 6.04 Å². The third-order valence-electron chi connectivity index (χ3n) is 5.03. The molecular formula is C18H23N5O. The van der Waals surface area contributed by atoms with Crippen molar-refractivity contribution >= 4 is 5.91 Å². The lowest BCUT2D eigenvalue weighted by atomic mass is 10.1. The number of hydrogen-bond donors (Lipinski definition) is 1. The summed E-state index contributed by atoms with van der Waals surface area (Å²) in [5.41, 5.74) is 1.88. The van der Waals surface area contributed by atoms with Crippen LogP contribution in [0.3, 0.4) is 0 Å². The van der Waals surface area contributed by atoms with Crippen molar-refractivity contribution in [3.8, 4) is 0 Å². The van der Waals surface area contributed by atoms with E-state index in [1.54, 1.807) is 12.5 Å². The standard InChI is InChI=1S/C18H23N5O/c24-18(20-11-17-13-21-7-9-23(17)10-8-21)16-3-1-15(2-4-16)12-22-6-5-19-14-22/h1-6,14,17H,7-13H2,(H,20,24). The van der Waals surface area contributed by atoms with Crippen LogP contribution in [0.2, 0.25) is 0 Å². The average molecular weight is 325 g/mol. The minimum atomic E-state index is 0.0156. The summed E-state index contributed by atoms with van der Waals surface area (Å²) in [6.07, 6.45) is 5.50. The molecule has 1 unspecified atom stereocenters. The molecule has 5 rings (SSSR count). The van der Waals surface area contributed by atoms with Gasteiger partial charge in [-0.25, -0.2) is 4.98 Å². The number of imidazole rings is 1. The smallest absolute Gasteiger partial charge is 0.251 e. The second-order valence-corrected chi connectivity index (χ2v) is 6.63. The van der Waals surface area contributed by atoms with Crippen LogP contribution >= 0.6 is 0 Å². The fourth-order valence-electron chi connectivity index (χ4n) is 3.58. The van der Waals surface area contributed by atoms with Crippen LogP contribution in [0.4, 0.5) is 0 Å². The van der Waals surface area contributed by atoms with Gasteiger partial charge in [0.1, 0.15) is 0 Å². The number of fused-ring (bicyclic) bond motifs is 3. The molecule has 3 aliphatic rings. The quantitative estimate of drug-likeness (QED) is 0.877. The molecule has 126 valence electrons. The maximum atomic E-state index is 12.4. The highest BCUT2D eigenvalue weighted by atomic mass is 16.1. The second-order valence-electron chi connectivity index (χ2n) is 6.63. The van der Waals surface area contributed by atoms with E-state index in [1.165, 1.54) is 13.1 Å². The van der Waals surface area contributed by atoms with Crippen LogP contribution in [0.25, 0.3) is 0 Å². The molecule has 6 heteroatoms. The summed E-state index contributed by atoms with van der Waals surface area (Å²) in [5, 5.41) is 3.10. The first-order chi connectivity index (χ1) is 11.8. The first kappa shape index (κ1) is 15.4. The predicted molar refractivity (Wildman–Crippen MR) is 91.9 cm³/mol. The molecule has 0 aliphatic carbocycles. The molecule has 3 aliphatic heterocycles. The van der Waals surface area contributed by atoms with Crippen LogP contribution in [-0.4, -0.2) is 70.6 Å². The maximum absolute atomic E-state index is 12.4. The van der Waals surface area contributed by atoms with E-state index in [1.807, 2.05) is 35.0 Å². The van der Waals surface area contributed by atoms with Gasteiger partial charge in [0, 0.05) is 69.8 Å². The normalized spacial score (nSPS) is 25.6. The van der Waals surface area contributed by atoms with Crippen molar-refractivity contribution in [1.82, 2.24) is 24.7 Å². The Morgan fingerprint density at radius 2 is 1.96 bits per heavy atom. The molecule has 1 N–H and O–H groups in total. The molecule has 3 fully saturated rings. The van der Waals surface area contributed by atoms with Crippen LogP contribution in [0.5, 0.6) is 0 Å². The minimum Gasteiger partial charge on any atom is -0.350 e. The van der Waals surface area contributed by atoms with Gasteiger partial charge in [-0.05, 0) is 17.7 Å². The van der Waals surface area contributed by atoms with E-state index in [2.05, 4.69) is 20.1 Å². The van der Waals surface area contributed by atoms with Gasteiger partial charge in [0.05, 0.1) is 6.33 Å². The summed E-state index contributed by atoms with van der Waals surface area (Å²) < 4.78 is 2.01. The number of amides is 1. The fourth-order valence-corrected chi connectivity index (χ4v) is 3.58. The van der Waals surface area contributed by atoms with Crippen molar-refractivity contribution in [2.24, 2.45) is 0 Å². The Bertz CT molecular complexity index is 674. The average Bonchev–Trinajstić information content (AvgIpc) is 3.14. The van der Waals surface area contributed by atoms with Gasteiger partial charge in [-0.1, -0.05) is 12.1 Å². The van der Waals surface area contributed by atoms with E-state index < -0.39 is 0 Å². The largest absolute Gasteiger partial charge is 0.350 e. The molecule has 0 saturated carbocycles. The number of nitrogens with one attached hydrogen (secondary N) is 1. The minimum absolute atomic E-state index is 0.0156. The third-order valence-corrected chi connectivity index (χ3v) is 5.03. The van der Waals surface area contributed by atoms with E-state index in [4.69, 9.17) is 0 Å². The first-order valence-electron chi connectivity index (χ1n) is 8.57. The molecule has 2 aromatic rings. The fraction of sp³-hybridized carbons (Fsp3) is 0.444. The molecule has 4 heterocycles. The molecule has 1 aromatic heterocycles. The number of aromatic nitrogens is 2. The molecule has 1 atom stereocenters. The maximum Gasteiger partial charge on any atom is 0.251 e. The number of piperazine rings is 3. The highest BCUT2D eigenvalue weighted by Crippen LogP contribution is 2.15. The molecule has 6 nitrogen and oxygen atoms in total. The van der Waals surface area contributed by atoms with Crippen LogP contribution < -0.4 is 5.32 Å². The van der Waals surface area contributed by atoms with E-state index in [-0.39, 0.29) is 5.91 Å². The second kappa shape index (κ2) is 6.75. The van der Waals surface area contributed by atoms with Crippen LogP contribution in [0.1, 0.15) is 15.9 Å². The van der Waals surface area contributed by atoms with Gasteiger partial charge in [-0.3, -0.25) is 14.6 Å². The van der Waals surface area contributed by atoms with Crippen molar-refractivity contribution in [3.63, 3.8) is 0 Å². The van der Waals surface area contributed by atoms with E-state index in [9.17, 15) is 4.79 Å². The zero-order chi connectivity index (χ0) is 16.4. The van der Waals surface area contributed by atoms with E-state index in [0.717, 1.165) is 43.9 Å². The summed E-state index contributed by atoms with van der Waals surface area (Å²) >= 11 is 0. The molecule has 24 heavy (non-hydrogen) atoms.